The predicted molar refractivity (Wildman–Crippen MR) is 116 cm³/mol. The number of nitro benzene ring substituents is 1. The summed E-state index contributed by atoms with van der Waals surface area (Å²) in [6, 6.07) is 13.6. The molecule has 162 valence electrons. The average molecular weight is 442 g/mol. The van der Waals surface area contributed by atoms with Crippen LogP contribution < -0.4 is 5.32 Å². The van der Waals surface area contributed by atoms with E-state index in [0.717, 1.165) is 16.5 Å². The number of aryl methyl sites for hydroxylation is 1. The highest BCUT2D eigenvalue weighted by molar-refractivity contribution is 7.99. The fraction of sp³-hybridized carbons (Fsp3) is 0.318. The molecular formula is C22H23N3O5S. The van der Waals surface area contributed by atoms with Crippen LogP contribution in [0.3, 0.4) is 0 Å². The third kappa shape index (κ3) is 6.30. The average Bonchev–Trinajstić information content (AvgIpc) is 2.73. The van der Waals surface area contributed by atoms with Crippen molar-refractivity contribution in [3.05, 3.63) is 63.7 Å². The molecule has 0 saturated carbocycles. The maximum absolute atomic E-state index is 12.3. The standard InChI is InChI=1S/C22H23N3O5S/c1-14(2)22(4,13-23)24-20(26)12-30-21(27)16-7-10-19(18(11-16)25(28)29)31-17-8-5-15(3)6-9-17/h5-11,14H,12H2,1-4H3,(H,24,26)/t22-/m1/s1. The highest BCUT2D eigenvalue weighted by atomic mass is 32.2. The van der Waals surface area contributed by atoms with Gasteiger partial charge < -0.3 is 10.1 Å². The highest BCUT2D eigenvalue weighted by Gasteiger charge is 2.30. The third-order valence-corrected chi connectivity index (χ3v) is 5.83. The maximum Gasteiger partial charge on any atom is 0.338 e. The van der Waals surface area contributed by atoms with E-state index >= 15 is 0 Å². The molecule has 0 aliphatic heterocycles. The van der Waals surface area contributed by atoms with E-state index < -0.39 is 28.9 Å². The number of nitrogens with one attached hydrogen (secondary N) is 1. The van der Waals surface area contributed by atoms with E-state index in [2.05, 4.69) is 5.32 Å². The molecule has 0 unspecified atom stereocenters. The van der Waals surface area contributed by atoms with Gasteiger partial charge in [-0.15, -0.1) is 0 Å². The van der Waals surface area contributed by atoms with Crippen molar-refractivity contribution in [2.24, 2.45) is 5.92 Å². The normalized spacial score (nSPS) is 12.5. The molecule has 1 amide bonds. The molecule has 2 rings (SSSR count). The van der Waals surface area contributed by atoms with Gasteiger partial charge in [0.15, 0.2) is 6.61 Å². The topological polar surface area (TPSA) is 122 Å². The SMILES string of the molecule is Cc1ccc(Sc2ccc(C(=O)OCC(=O)N[C@](C)(C#N)C(C)C)cc2[N+](=O)[O-])cc1. The number of rotatable bonds is 8. The minimum Gasteiger partial charge on any atom is -0.452 e. The van der Waals surface area contributed by atoms with Crippen molar-refractivity contribution in [3.8, 4) is 6.07 Å². The zero-order chi connectivity index (χ0) is 23.2. The molecule has 2 aromatic carbocycles. The van der Waals surface area contributed by atoms with Gasteiger partial charge in [-0.05, 0) is 44.0 Å². The van der Waals surface area contributed by atoms with Gasteiger partial charge in [-0.3, -0.25) is 14.9 Å². The molecule has 31 heavy (non-hydrogen) atoms. The molecule has 0 radical (unpaired) electrons. The number of benzene rings is 2. The number of carbonyl (C=O) groups is 2. The Bertz CT molecular complexity index is 1030. The van der Waals surface area contributed by atoms with Gasteiger partial charge in [0.2, 0.25) is 0 Å². The molecule has 1 N–H and O–H groups in total. The number of hydrogen-bond donors (Lipinski definition) is 1. The van der Waals surface area contributed by atoms with Crippen molar-refractivity contribution in [2.45, 2.75) is 43.0 Å². The molecular weight excluding hydrogens is 418 g/mol. The number of nitrogens with zero attached hydrogens (tertiary/aromatic N) is 2. The van der Waals surface area contributed by atoms with Crippen molar-refractivity contribution < 1.29 is 19.2 Å². The van der Waals surface area contributed by atoms with Gasteiger partial charge in [-0.25, -0.2) is 4.79 Å². The van der Waals surface area contributed by atoms with Crippen LogP contribution in [-0.2, 0) is 9.53 Å². The first-order valence-corrected chi connectivity index (χ1v) is 10.3. The summed E-state index contributed by atoms with van der Waals surface area (Å²) in [6.07, 6.45) is 0. The van der Waals surface area contributed by atoms with Gasteiger partial charge in [0.05, 0.1) is 21.5 Å². The van der Waals surface area contributed by atoms with Crippen molar-refractivity contribution in [3.63, 3.8) is 0 Å². The number of esters is 1. The quantitative estimate of drug-likeness (QED) is 0.369. The molecule has 9 heteroatoms. The highest BCUT2D eigenvalue weighted by Crippen LogP contribution is 2.35. The molecule has 0 fully saturated rings. The second-order valence-electron chi connectivity index (χ2n) is 7.45. The summed E-state index contributed by atoms with van der Waals surface area (Å²) in [4.78, 5) is 36.5. The van der Waals surface area contributed by atoms with E-state index in [1.807, 2.05) is 37.3 Å². The Hall–Kier alpha value is -3.38. The summed E-state index contributed by atoms with van der Waals surface area (Å²) >= 11 is 1.21. The fourth-order valence-electron chi connectivity index (χ4n) is 2.45. The fourth-order valence-corrected chi connectivity index (χ4v) is 3.35. The molecule has 0 aliphatic rings. The Balaban J connectivity index is 2.10. The Morgan fingerprint density at radius 1 is 1.26 bits per heavy atom. The minimum atomic E-state index is -1.10. The Labute approximate surface area is 184 Å². The van der Waals surface area contributed by atoms with E-state index in [-0.39, 0.29) is 17.2 Å². The number of hydrogen-bond acceptors (Lipinski definition) is 7. The van der Waals surface area contributed by atoms with Crippen LogP contribution in [0.15, 0.2) is 52.3 Å². The summed E-state index contributed by atoms with van der Waals surface area (Å²) in [5.41, 5.74) is -0.303. The summed E-state index contributed by atoms with van der Waals surface area (Å²) < 4.78 is 4.98. The van der Waals surface area contributed by atoms with E-state index in [9.17, 15) is 25.0 Å². The van der Waals surface area contributed by atoms with E-state index in [1.54, 1.807) is 20.8 Å². The van der Waals surface area contributed by atoms with E-state index in [0.29, 0.717) is 4.90 Å². The van der Waals surface area contributed by atoms with Gasteiger partial charge in [0.1, 0.15) is 5.54 Å². The zero-order valence-corrected chi connectivity index (χ0v) is 18.5. The second-order valence-corrected chi connectivity index (χ2v) is 8.56. The van der Waals surface area contributed by atoms with Crippen LogP contribution in [0, 0.1) is 34.3 Å². The van der Waals surface area contributed by atoms with Crippen LogP contribution in [0.2, 0.25) is 0 Å². The molecule has 2 aromatic rings. The molecule has 8 nitrogen and oxygen atoms in total. The van der Waals surface area contributed by atoms with Gasteiger partial charge in [-0.1, -0.05) is 43.3 Å². The summed E-state index contributed by atoms with van der Waals surface area (Å²) in [7, 11) is 0. The molecule has 0 spiro atoms. The Morgan fingerprint density at radius 3 is 2.45 bits per heavy atom. The first-order valence-electron chi connectivity index (χ1n) is 9.48. The second kappa shape index (κ2) is 10.1. The van der Waals surface area contributed by atoms with Gasteiger partial charge in [-0.2, -0.15) is 5.26 Å². The van der Waals surface area contributed by atoms with Crippen molar-refractivity contribution >= 4 is 29.3 Å². The number of carbonyl (C=O) groups excluding carboxylic acids is 2. The van der Waals surface area contributed by atoms with Crippen LogP contribution in [0.25, 0.3) is 0 Å². The molecule has 0 saturated heterocycles. The lowest BCUT2D eigenvalue weighted by Crippen LogP contribution is -2.50. The van der Waals surface area contributed by atoms with Crippen LogP contribution in [0.1, 0.15) is 36.7 Å². The van der Waals surface area contributed by atoms with Crippen molar-refractivity contribution in [1.29, 1.82) is 5.26 Å². The van der Waals surface area contributed by atoms with Gasteiger partial charge in [0, 0.05) is 11.0 Å². The Kier molecular flexibility index (Phi) is 7.78. The van der Waals surface area contributed by atoms with Crippen molar-refractivity contribution in [2.75, 3.05) is 6.61 Å². The van der Waals surface area contributed by atoms with Crippen LogP contribution in [0.4, 0.5) is 5.69 Å². The lowest BCUT2D eigenvalue weighted by atomic mass is 9.90. The molecule has 0 heterocycles. The summed E-state index contributed by atoms with van der Waals surface area (Å²) in [5.74, 6) is -1.65. The largest absolute Gasteiger partial charge is 0.452 e. The van der Waals surface area contributed by atoms with Crippen LogP contribution >= 0.6 is 11.8 Å². The van der Waals surface area contributed by atoms with E-state index in [1.165, 1.54) is 23.9 Å². The molecule has 1 atom stereocenters. The minimum absolute atomic E-state index is 0.0420. The van der Waals surface area contributed by atoms with Crippen LogP contribution in [0.5, 0.6) is 0 Å². The van der Waals surface area contributed by atoms with Gasteiger partial charge >= 0.3 is 5.97 Å². The maximum atomic E-state index is 12.3. The van der Waals surface area contributed by atoms with Gasteiger partial charge in [0.25, 0.3) is 11.6 Å². The van der Waals surface area contributed by atoms with Crippen molar-refractivity contribution in [1.82, 2.24) is 5.32 Å². The first kappa shape index (κ1) is 23.9. The predicted octanol–water partition coefficient (Wildman–Crippen LogP) is 4.27. The number of nitro groups is 1. The zero-order valence-electron chi connectivity index (χ0n) is 17.7. The Morgan fingerprint density at radius 2 is 1.90 bits per heavy atom. The number of amides is 1. The molecule has 0 aliphatic carbocycles. The first-order chi connectivity index (χ1) is 14.6. The van der Waals surface area contributed by atoms with Crippen LogP contribution in [-0.4, -0.2) is 28.9 Å². The smallest absolute Gasteiger partial charge is 0.338 e. The lowest BCUT2D eigenvalue weighted by molar-refractivity contribution is -0.387. The molecule has 0 aromatic heterocycles. The number of nitriles is 1. The summed E-state index contributed by atoms with van der Waals surface area (Å²) in [6.45, 7) is 6.48. The molecule has 0 bridgehead atoms. The lowest BCUT2D eigenvalue weighted by Gasteiger charge is -2.27. The number of ether oxygens (including phenoxy) is 1. The van der Waals surface area contributed by atoms with E-state index in [4.69, 9.17) is 4.74 Å². The monoisotopic (exact) mass is 441 g/mol. The third-order valence-electron chi connectivity index (χ3n) is 4.76. The summed E-state index contributed by atoms with van der Waals surface area (Å²) in [5, 5.41) is 23.3.